The van der Waals surface area contributed by atoms with Crippen molar-refractivity contribution in [3.8, 4) is 6.07 Å². The summed E-state index contributed by atoms with van der Waals surface area (Å²) in [6.07, 6.45) is 0.145. The Kier molecular flexibility index (Phi) is 4.11. The second-order valence-electron chi connectivity index (χ2n) is 4.43. The molecule has 0 saturated carbocycles. The number of carbonyl (C=O) groups is 1. The normalized spacial score (nSPS) is 11.6. The van der Waals surface area contributed by atoms with Crippen molar-refractivity contribution in [3.05, 3.63) is 71.0 Å². The van der Waals surface area contributed by atoms with Crippen LogP contribution in [-0.4, -0.2) is 11.1 Å². The lowest BCUT2D eigenvalue weighted by Crippen LogP contribution is -2.16. The fourth-order valence-electron chi connectivity index (χ4n) is 2.09. The van der Waals surface area contributed by atoms with Gasteiger partial charge in [-0.1, -0.05) is 30.3 Å². The van der Waals surface area contributed by atoms with Gasteiger partial charge in [0.1, 0.15) is 5.82 Å². The molecule has 100 valence electrons. The Hall–Kier alpha value is -2.67. The maximum absolute atomic E-state index is 13.7. The van der Waals surface area contributed by atoms with Crippen LogP contribution in [0, 0.1) is 17.1 Å². The van der Waals surface area contributed by atoms with Crippen LogP contribution in [0.1, 0.15) is 22.6 Å². The van der Waals surface area contributed by atoms with Crippen molar-refractivity contribution in [1.29, 1.82) is 5.26 Å². The Morgan fingerprint density at radius 2 is 2.00 bits per heavy atom. The number of hydrogen-bond donors (Lipinski definition) is 1. The summed E-state index contributed by atoms with van der Waals surface area (Å²) in [6, 6.07) is 14.5. The van der Waals surface area contributed by atoms with Gasteiger partial charge in [0.2, 0.25) is 0 Å². The number of benzene rings is 2. The number of carboxylic acid groups (broad SMARTS) is 1. The van der Waals surface area contributed by atoms with Crippen LogP contribution in [0.25, 0.3) is 0 Å². The Morgan fingerprint density at radius 1 is 1.25 bits per heavy atom. The van der Waals surface area contributed by atoms with Crippen LogP contribution in [-0.2, 0) is 11.2 Å². The number of hydrogen-bond acceptors (Lipinski definition) is 2. The quantitative estimate of drug-likeness (QED) is 0.927. The van der Waals surface area contributed by atoms with E-state index in [0.717, 1.165) is 0 Å². The van der Waals surface area contributed by atoms with Crippen LogP contribution in [0.3, 0.4) is 0 Å². The van der Waals surface area contributed by atoms with Gasteiger partial charge in [0.05, 0.1) is 17.6 Å². The van der Waals surface area contributed by atoms with E-state index in [1.807, 2.05) is 6.07 Å². The van der Waals surface area contributed by atoms with E-state index in [1.165, 1.54) is 18.2 Å². The fraction of sp³-hybridized carbons (Fsp3) is 0.125. The smallest absolute Gasteiger partial charge is 0.311 e. The van der Waals surface area contributed by atoms with Gasteiger partial charge in [0.25, 0.3) is 0 Å². The minimum absolute atomic E-state index is 0.145. The van der Waals surface area contributed by atoms with Crippen molar-refractivity contribution >= 4 is 5.97 Å². The number of nitriles is 1. The van der Waals surface area contributed by atoms with Crippen molar-refractivity contribution < 1.29 is 14.3 Å². The third-order valence-electron chi connectivity index (χ3n) is 3.07. The zero-order valence-corrected chi connectivity index (χ0v) is 10.6. The highest BCUT2D eigenvalue weighted by Crippen LogP contribution is 2.24. The van der Waals surface area contributed by atoms with Crippen molar-refractivity contribution in [2.24, 2.45) is 0 Å². The molecule has 1 atom stereocenters. The number of aliphatic carboxylic acids is 1. The zero-order chi connectivity index (χ0) is 14.5. The van der Waals surface area contributed by atoms with E-state index in [0.29, 0.717) is 11.1 Å². The van der Waals surface area contributed by atoms with Gasteiger partial charge in [-0.05, 0) is 30.2 Å². The molecule has 0 aliphatic heterocycles. The maximum atomic E-state index is 13.7. The molecular formula is C16H12FNO2. The molecule has 0 bridgehead atoms. The highest BCUT2D eigenvalue weighted by molar-refractivity contribution is 5.76. The topological polar surface area (TPSA) is 61.1 Å². The van der Waals surface area contributed by atoms with Gasteiger partial charge in [-0.15, -0.1) is 0 Å². The molecule has 2 aromatic carbocycles. The van der Waals surface area contributed by atoms with Gasteiger partial charge in [-0.25, -0.2) is 4.39 Å². The van der Waals surface area contributed by atoms with Crippen molar-refractivity contribution in [3.63, 3.8) is 0 Å². The Bertz CT molecular complexity index is 676. The molecule has 0 aliphatic carbocycles. The van der Waals surface area contributed by atoms with Crippen molar-refractivity contribution in [2.75, 3.05) is 0 Å². The summed E-state index contributed by atoms with van der Waals surface area (Å²) in [7, 11) is 0. The molecular weight excluding hydrogens is 257 g/mol. The third-order valence-corrected chi connectivity index (χ3v) is 3.07. The third kappa shape index (κ3) is 3.01. The van der Waals surface area contributed by atoms with Crippen molar-refractivity contribution in [1.82, 2.24) is 0 Å². The molecule has 2 aromatic rings. The van der Waals surface area contributed by atoms with Crippen LogP contribution < -0.4 is 0 Å². The number of nitrogens with zero attached hydrogens (tertiary/aromatic N) is 1. The predicted molar refractivity (Wildman–Crippen MR) is 71.6 cm³/mol. The molecule has 0 fully saturated rings. The number of halogens is 1. The molecule has 0 spiro atoms. The summed E-state index contributed by atoms with van der Waals surface area (Å²) in [4.78, 5) is 11.4. The molecule has 20 heavy (non-hydrogen) atoms. The van der Waals surface area contributed by atoms with Crippen LogP contribution in [0.2, 0.25) is 0 Å². The first-order chi connectivity index (χ1) is 9.61. The fourth-order valence-corrected chi connectivity index (χ4v) is 2.09. The lowest BCUT2D eigenvalue weighted by Gasteiger charge is -2.13. The van der Waals surface area contributed by atoms with Gasteiger partial charge in [0, 0.05) is 5.56 Å². The number of rotatable bonds is 4. The van der Waals surface area contributed by atoms with E-state index >= 15 is 0 Å². The van der Waals surface area contributed by atoms with Crippen LogP contribution in [0.4, 0.5) is 4.39 Å². The summed E-state index contributed by atoms with van der Waals surface area (Å²) >= 11 is 0. The molecule has 2 rings (SSSR count). The lowest BCUT2D eigenvalue weighted by atomic mass is 9.91. The minimum atomic E-state index is -1.09. The molecule has 0 heterocycles. The minimum Gasteiger partial charge on any atom is -0.481 e. The molecule has 0 amide bonds. The van der Waals surface area contributed by atoms with Gasteiger partial charge in [0.15, 0.2) is 0 Å². The highest BCUT2D eigenvalue weighted by Gasteiger charge is 2.23. The van der Waals surface area contributed by atoms with E-state index in [4.69, 9.17) is 5.26 Å². The summed E-state index contributed by atoms with van der Waals surface area (Å²) in [5, 5.41) is 18.1. The Balaban J connectivity index is 2.34. The van der Waals surface area contributed by atoms with Crippen LogP contribution >= 0.6 is 0 Å². The molecule has 0 aliphatic rings. The van der Waals surface area contributed by atoms with E-state index in [1.54, 1.807) is 30.3 Å². The molecule has 0 aromatic heterocycles. The van der Waals surface area contributed by atoms with Gasteiger partial charge in [-0.3, -0.25) is 4.79 Å². The zero-order valence-electron chi connectivity index (χ0n) is 10.6. The molecule has 1 N–H and O–H groups in total. The Labute approximate surface area is 115 Å². The van der Waals surface area contributed by atoms with E-state index < -0.39 is 17.7 Å². The first kappa shape index (κ1) is 13.8. The summed E-state index contributed by atoms with van der Waals surface area (Å²) in [6.45, 7) is 0. The summed E-state index contributed by atoms with van der Waals surface area (Å²) in [5.74, 6) is -2.58. The average Bonchev–Trinajstić information content (AvgIpc) is 2.45. The molecule has 3 nitrogen and oxygen atoms in total. The van der Waals surface area contributed by atoms with E-state index in [2.05, 4.69) is 0 Å². The first-order valence-electron chi connectivity index (χ1n) is 6.08. The second kappa shape index (κ2) is 5.98. The molecule has 0 radical (unpaired) electrons. The second-order valence-corrected chi connectivity index (χ2v) is 4.43. The van der Waals surface area contributed by atoms with Gasteiger partial charge >= 0.3 is 5.97 Å². The summed E-state index contributed by atoms with van der Waals surface area (Å²) in [5.41, 5.74) is 1.31. The van der Waals surface area contributed by atoms with Crippen molar-refractivity contribution in [2.45, 2.75) is 12.3 Å². The number of carboxylic acids is 1. The molecule has 1 unspecified atom stereocenters. The van der Waals surface area contributed by atoms with E-state index in [-0.39, 0.29) is 12.0 Å². The average molecular weight is 269 g/mol. The highest BCUT2D eigenvalue weighted by atomic mass is 19.1. The molecule has 4 heteroatoms. The summed E-state index contributed by atoms with van der Waals surface area (Å²) < 4.78 is 13.7. The predicted octanol–water partition coefficient (Wildman–Crippen LogP) is 3.11. The lowest BCUT2D eigenvalue weighted by molar-refractivity contribution is -0.138. The SMILES string of the molecule is N#Cc1cccc(CC(C(=O)O)c2ccccc2F)c1. The van der Waals surface area contributed by atoms with Gasteiger partial charge < -0.3 is 5.11 Å². The largest absolute Gasteiger partial charge is 0.481 e. The van der Waals surface area contributed by atoms with Crippen LogP contribution in [0.5, 0.6) is 0 Å². The van der Waals surface area contributed by atoms with E-state index in [9.17, 15) is 14.3 Å². The van der Waals surface area contributed by atoms with Gasteiger partial charge in [-0.2, -0.15) is 5.26 Å². The maximum Gasteiger partial charge on any atom is 0.311 e. The Morgan fingerprint density at radius 3 is 2.65 bits per heavy atom. The van der Waals surface area contributed by atoms with Crippen LogP contribution in [0.15, 0.2) is 48.5 Å². The standard InChI is InChI=1S/C16H12FNO2/c17-15-7-2-1-6-13(15)14(16(19)20)9-11-4-3-5-12(8-11)10-18/h1-8,14H,9H2,(H,19,20). The first-order valence-corrected chi connectivity index (χ1v) is 6.08. The monoisotopic (exact) mass is 269 g/mol. The molecule has 0 saturated heterocycles.